The molecule has 0 unspecified atom stereocenters. The van der Waals surface area contributed by atoms with Gasteiger partial charge in [-0.1, -0.05) is 24.9 Å². The Morgan fingerprint density at radius 2 is 1.67 bits per heavy atom. The molecular weight excluding hydrogens is 192 g/mol. The van der Waals surface area contributed by atoms with Crippen LogP contribution in [0.15, 0.2) is 12.3 Å². The van der Waals surface area contributed by atoms with Gasteiger partial charge in [-0.05, 0) is 18.5 Å². The van der Waals surface area contributed by atoms with Crippen LogP contribution < -0.4 is 0 Å². The zero-order valence-electron chi connectivity index (χ0n) is 7.81. The van der Waals surface area contributed by atoms with Gasteiger partial charge in [0, 0.05) is 13.2 Å². The summed E-state index contributed by atoms with van der Waals surface area (Å²) in [5, 5.41) is 0. The number of rotatable bonds is 7. The molecule has 0 aliphatic rings. The summed E-state index contributed by atoms with van der Waals surface area (Å²) < 4.78 is 10.8. The maximum atomic E-state index is 6.06. The highest BCUT2D eigenvalue weighted by Crippen LogP contribution is 2.14. The molecule has 0 aromatic heterocycles. The summed E-state index contributed by atoms with van der Waals surface area (Å²) in [5.41, 5.74) is 1.61. The number of hydrogen-bond acceptors (Lipinski definition) is 2. The normalized spacial score (nSPS) is 11.6. The van der Waals surface area contributed by atoms with Gasteiger partial charge in [-0.15, -0.1) is 6.58 Å². The van der Waals surface area contributed by atoms with Crippen molar-refractivity contribution in [3.05, 3.63) is 12.3 Å². The van der Waals surface area contributed by atoms with E-state index in [2.05, 4.69) is 6.58 Å². The molecule has 0 amide bonds. The first-order chi connectivity index (χ1) is 5.68. The molecule has 4 heteroatoms. The Balaban J connectivity index is 3.78. The van der Waals surface area contributed by atoms with Gasteiger partial charge in [-0.25, -0.2) is 0 Å². The van der Waals surface area contributed by atoms with Crippen molar-refractivity contribution in [2.24, 2.45) is 0 Å². The Kier molecular flexibility index (Phi) is 6.75. The topological polar surface area (TPSA) is 18.5 Å². The van der Waals surface area contributed by atoms with E-state index in [1.165, 1.54) is 0 Å². The largest absolute Gasteiger partial charge is 0.470 e. The summed E-state index contributed by atoms with van der Waals surface area (Å²) in [5.74, 6) is 0. The van der Waals surface area contributed by atoms with E-state index in [-0.39, 0.29) is 0 Å². The third-order valence-corrected chi connectivity index (χ3v) is 4.05. The van der Waals surface area contributed by atoms with Gasteiger partial charge in [-0.2, -0.15) is 0 Å². The lowest BCUT2D eigenvalue weighted by atomic mass is 10.5. The molecule has 0 bridgehead atoms. The molecule has 0 N–H and O–H groups in total. The first-order valence-corrected chi connectivity index (χ1v) is 7.19. The van der Waals surface area contributed by atoms with Crippen LogP contribution in [0.1, 0.15) is 26.7 Å². The molecule has 0 radical (unpaired) electrons. The second kappa shape index (κ2) is 6.66. The van der Waals surface area contributed by atoms with E-state index < -0.39 is 7.87 Å². The van der Waals surface area contributed by atoms with Crippen molar-refractivity contribution >= 4 is 18.9 Å². The van der Waals surface area contributed by atoms with Crippen LogP contribution in [0.5, 0.6) is 0 Å². The fourth-order valence-electron chi connectivity index (χ4n) is 0.642. The first kappa shape index (κ1) is 12.2. The van der Waals surface area contributed by atoms with Gasteiger partial charge >= 0.3 is 7.87 Å². The third-order valence-electron chi connectivity index (χ3n) is 1.25. The minimum Gasteiger partial charge on any atom is -0.380 e. The lowest BCUT2D eigenvalue weighted by molar-refractivity contribution is 0.197. The summed E-state index contributed by atoms with van der Waals surface area (Å²) in [4.78, 5) is 0. The van der Waals surface area contributed by atoms with Crippen LogP contribution in [-0.2, 0) is 8.85 Å². The average molecular weight is 209 g/mol. The Hall–Kier alpha value is 0.167. The van der Waals surface area contributed by atoms with E-state index in [9.17, 15) is 0 Å². The third kappa shape index (κ3) is 4.93. The van der Waals surface area contributed by atoms with Gasteiger partial charge in [0.25, 0.3) is 0 Å². The Morgan fingerprint density at radius 3 is 1.92 bits per heavy atom. The van der Waals surface area contributed by atoms with Crippen molar-refractivity contribution in [2.75, 3.05) is 13.2 Å². The van der Waals surface area contributed by atoms with E-state index in [0.717, 1.165) is 12.8 Å². The van der Waals surface area contributed by atoms with Gasteiger partial charge < -0.3 is 8.85 Å². The van der Waals surface area contributed by atoms with Crippen molar-refractivity contribution < 1.29 is 8.85 Å². The Labute approximate surface area is 80.5 Å². The van der Waals surface area contributed by atoms with Crippen LogP contribution >= 0.6 is 11.1 Å². The van der Waals surface area contributed by atoms with Crippen LogP contribution in [0.25, 0.3) is 0 Å². The second-order valence-electron chi connectivity index (χ2n) is 2.48. The van der Waals surface area contributed by atoms with E-state index in [1.54, 1.807) is 5.70 Å². The van der Waals surface area contributed by atoms with Crippen LogP contribution in [-0.4, -0.2) is 21.1 Å². The molecular formula is C8H17ClO2Si. The molecule has 2 nitrogen and oxygen atoms in total. The van der Waals surface area contributed by atoms with E-state index in [1.807, 2.05) is 13.8 Å². The van der Waals surface area contributed by atoms with Crippen molar-refractivity contribution in [2.45, 2.75) is 26.7 Å². The van der Waals surface area contributed by atoms with Gasteiger partial charge in [0.15, 0.2) is 0 Å². The molecule has 0 heterocycles. The van der Waals surface area contributed by atoms with E-state index in [0.29, 0.717) is 13.2 Å². The highest BCUT2D eigenvalue weighted by molar-refractivity contribution is 7.15. The average Bonchev–Trinajstić information content (AvgIpc) is 2.11. The monoisotopic (exact) mass is 208 g/mol. The molecule has 0 fully saturated rings. The molecule has 0 saturated heterocycles. The number of hydrogen-bond donors (Lipinski definition) is 0. The Bertz CT molecular complexity index is 122. The van der Waals surface area contributed by atoms with Gasteiger partial charge in [-0.3, -0.25) is 0 Å². The molecule has 0 aromatic rings. The molecule has 0 aliphatic heterocycles. The van der Waals surface area contributed by atoms with Crippen molar-refractivity contribution in [1.29, 1.82) is 0 Å². The standard InChI is InChI=1S/C8H17ClO2Si/c1-4-7-10-12(9,6-3)11-8-5-2/h6H,3-5,7-8H2,1-2H3. The second-order valence-corrected chi connectivity index (χ2v) is 6.21. The van der Waals surface area contributed by atoms with Gasteiger partial charge in [0.1, 0.15) is 0 Å². The lowest BCUT2D eigenvalue weighted by Gasteiger charge is -2.19. The van der Waals surface area contributed by atoms with E-state index in [4.69, 9.17) is 19.9 Å². The quantitative estimate of drug-likeness (QED) is 0.473. The zero-order chi connectivity index (χ0) is 9.45. The minimum atomic E-state index is -2.53. The van der Waals surface area contributed by atoms with Crippen LogP contribution in [0.2, 0.25) is 0 Å². The summed E-state index contributed by atoms with van der Waals surface area (Å²) in [6.45, 7) is 8.98. The predicted molar refractivity (Wildman–Crippen MR) is 54.3 cm³/mol. The molecule has 12 heavy (non-hydrogen) atoms. The molecule has 0 atom stereocenters. The van der Waals surface area contributed by atoms with Crippen molar-refractivity contribution in [3.8, 4) is 0 Å². The lowest BCUT2D eigenvalue weighted by Crippen LogP contribution is -2.34. The Morgan fingerprint density at radius 1 is 1.25 bits per heavy atom. The summed E-state index contributed by atoms with van der Waals surface area (Å²) in [6.07, 6.45) is 1.90. The van der Waals surface area contributed by atoms with Crippen LogP contribution in [0.4, 0.5) is 0 Å². The minimum absolute atomic E-state index is 0.644. The van der Waals surface area contributed by atoms with Crippen molar-refractivity contribution in [1.82, 2.24) is 0 Å². The SMILES string of the molecule is C=C[Si](Cl)(OCCC)OCCC. The fraction of sp³-hybridized carbons (Fsp3) is 0.750. The highest BCUT2D eigenvalue weighted by Gasteiger charge is 2.31. The molecule has 0 rings (SSSR count). The summed E-state index contributed by atoms with van der Waals surface area (Å²) in [6, 6.07) is 0. The van der Waals surface area contributed by atoms with Gasteiger partial charge in [0.05, 0.1) is 0 Å². The molecule has 72 valence electrons. The zero-order valence-corrected chi connectivity index (χ0v) is 9.56. The molecule has 0 saturated carbocycles. The molecule has 0 aliphatic carbocycles. The predicted octanol–water partition coefficient (Wildman–Crippen LogP) is 2.74. The maximum absolute atomic E-state index is 6.06. The van der Waals surface area contributed by atoms with Crippen LogP contribution in [0.3, 0.4) is 0 Å². The maximum Gasteiger partial charge on any atom is 0.470 e. The number of halogens is 1. The summed E-state index contributed by atoms with van der Waals surface area (Å²) >= 11 is 6.06. The molecule has 0 aromatic carbocycles. The van der Waals surface area contributed by atoms with Gasteiger partial charge in [0.2, 0.25) is 0 Å². The fourth-order valence-corrected chi connectivity index (χ4v) is 2.39. The van der Waals surface area contributed by atoms with Crippen molar-refractivity contribution in [3.63, 3.8) is 0 Å². The van der Waals surface area contributed by atoms with E-state index >= 15 is 0 Å². The smallest absolute Gasteiger partial charge is 0.380 e. The van der Waals surface area contributed by atoms with Crippen LogP contribution in [0, 0.1) is 0 Å². The molecule has 0 spiro atoms. The first-order valence-electron chi connectivity index (χ1n) is 4.29. The summed E-state index contributed by atoms with van der Waals surface area (Å²) in [7, 11) is -2.53. The highest BCUT2D eigenvalue weighted by atomic mass is 35.6.